The average molecular weight is 471 g/mol. The number of nitrogens with one attached hydrogen (secondary N) is 1. The molecular weight excluding hydrogens is 438 g/mol. The van der Waals surface area contributed by atoms with E-state index >= 15 is 0 Å². The van der Waals surface area contributed by atoms with Crippen LogP contribution in [-0.4, -0.2) is 70.7 Å². The monoisotopic (exact) mass is 470 g/mol. The number of piperidine rings is 1. The normalized spacial score (nSPS) is 24.7. The number of pyridine rings is 1. The fourth-order valence-corrected chi connectivity index (χ4v) is 5.70. The molecule has 0 unspecified atom stereocenters. The first-order valence-corrected chi connectivity index (χ1v) is 12.8. The van der Waals surface area contributed by atoms with Crippen LogP contribution in [0.5, 0.6) is 0 Å². The van der Waals surface area contributed by atoms with Gasteiger partial charge in [-0.2, -0.15) is 5.10 Å². The van der Waals surface area contributed by atoms with Gasteiger partial charge in [-0.05, 0) is 49.1 Å². The fourth-order valence-electron chi connectivity index (χ4n) is 5.70. The maximum atomic E-state index is 12.8. The molecule has 1 amide bonds. The number of fused-ring (bicyclic) bond motifs is 1. The van der Waals surface area contributed by atoms with E-state index in [1.165, 1.54) is 18.4 Å². The van der Waals surface area contributed by atoms with Crippen LogP contribution >= 0.6 is 0 Å². The highest BCUT2D eigenvalue weighted by molar-refractivity contribution is 5.81. The van der Waals surface area contributed by atoms with Crippen LogP contribution in [0.3, 0.4) is 0 Å². The van der Waals surface area contributed by atoms with E-state index in [4.69, 9.17) is 11.6 Å². The molecular formula is C27H32N7O+. The Morgan fingerprint density at radius 1 is 1.14 bits per heavy atom. The Labute approximate surface area is 205 Å². The average Bonchev–Trinajstić information content (AvgIpc) is 3.33. The van der Waals surface area contributed by atoms with Crippen LogP contribution in [0, 0.1) is 12.5 Å². The number of carbonyl (C=O) groups excluding carboxylic acids is 1. The molecule has 6 rings (SSSR count). The summed E-state index contributed by atoms with van der Waals surface area (Å²) in [5.74, 6) is 0.902. The van der Waals surface area contributed by atoms with Crippen molar-refractivity contribution in [2.45, 2.75) is 37.6 Å². The molecule has 0 aromatic carbocycles. The number of hydrogen-bond donors (Lipinski definition) is 1. The van der Waals surface area contributed by atoms with Crippen LogP contribution in [0.25, 0.3) is 21.6 Å². The summed E-state index contributed by atoms with van der Waals surface area (Å²) in [6.45, 7) is 10.6. The first kappa shape index (κ1) is 22.1. The topological polar surface area (TPSA) is 70.1 Å². The minimum absolute atomic E-state index is 0.0907. The molecule has 3 fully saturated rings. The molecule has 0 spiro atoms. The minimum Gasteiger partial charge on any atom is -0.366 e. The van der Waals surface area contributed by atoms with Crippen molar-refractivity contribution in [3.8, 4) is 17.8 Å². The smallest absolute Gasteiger partial charge is 0.273 e. The molecule has 8 nitrogen and oxygen atoms in total. The van der Waals surface area contributed by atoms with Gasteiger partial charge in [0.2, 0.25) is 5.91 Å². The molecule has 2 aliphatic heterocycles. The number of amides is 1. The number of hydrogen-bond acceptors (Lipinski definition) is 5. The number of anilines is 1. The standard InChI is InChI=1S/C27H32N7O/c1-28-23-13-21(14-23)27(35)33-11-9-32(10-12-33)25-6-8-31-34-18-22(15-26(25)34)24-5-4-20(17-30-24)19-3-2-7-29-16-19/h1,4-6,8,15,17-19,21,23,29H,2-3,7,9-14,16H2/q+1/t19-,21-,23-/m1/s1. The van der Waals surface area contributed by atoms with Gasteiger partial charge in [0.1, 0.15) is 0 Å². The van der Waals surface area contributed by atoms with Gasteiger partial charge in [-0.15, -0.1) is 0 Å². The predicted molar refractivity (Wildman–Crippen MR) is 137 cm³/mol. The largest absolute Gasteiger partial charge is 0.366 e. The molecule has 3 aromatic heterocycles. The molecule has 3 aliphatic rings. The molecule has 0 bridgehead atoms. The van der Waals surface area contributed by atoms with Crippen LogP contribution in [0.1, 0.15) is 37.2 Å². The number of rotatable bonds is 4. The van der Waals surface area contributed by atoms with E-state index in [1.807, 2.05) is 21.8 Å². The zero-order valence-electron chi connectivity index (χ0n) is 20.0. The van der Waals surface area contributed by atoms with E-state index in [0.717, 1.165) is 74.6 Å². The molecule has 1 N–H and O–H groups in total. The maximum absolute atomic E-state index is 12.8. The first-order chi connectivity index (χ1) is 17.2. The fraction of sp³-hybridized carbons (Fsp3) is 0.481. The van der Waals surface area contributed by atoms with Crippen molar-refractivity contribution in [2.24, 2.45) is 5.92 Å². The Morgan fingerprint density at radius 3 is 2.71 bits per heavy atom. The molecule has 180 valence electrons. The van der Waals surface area contributed by atoms with Crippen molar-refractivity contribution >= 4 is 17.1 Å². The highest BCUT2D eigenvalue weighted by atomic mass is 16.2. The van der Waals surface area contributed by atoms with E-state index in [9.17, 15) is 4.79 Å². The molecule has 0 radical (unpaired) electrons. The third-order valence-corrected chi connectivity index (χ3v) is 7.94. The SMILES string of the molecule is C#[N+][C@H]1C[C@H](C(=O)N2CCN(c3ccnn4cc(-c5ccc([C@@H]6CCCNC6)cn5)cc34)CC2)C1. The molecule has 1 saturated carbocycles. The number of aromatic nitrogens is 3. The summed E-state index contributed by atoms with van der Waals surface area (Å²) < 4.78 is 1.94. The Balaban J connectivity index is 1.16. The lowest BCUT2D eigenvalue weighted by molar-refractivity contribution is -0.138. The van der Waals surface area contributed by atoms with Crippen molar-refractivity contribution in [3.63, 3.8) is 0 Å². The predicted octanol–water partition coefficient (Wildman–Crippen LogP) is 3.25. The van der Waals surface area contributed by atoms with Gasteiger partial charge < -0.3 is 15.1 Å². The van der Waals surface area contributed by atoms with Gasteiger partial charge in [-0.3, -0.25) is 9.78 Å². The third-order valence-electron chi connectivity index (χ3n) is 7.94. The summed E-state index contributed by atoms with van der Waals surface area (Å²) in [5.41, 5.74) is 5.56. The summed E-state index contributed by atoms with van der Waals surface area (Å²) in [7, 11) is 0. The Kier molecular flexibility index (Phi) is 5.86. The summed E-state index contributed by atoms with van der Waals surface area (Å²) in [6, 6.07) is 8.76. The van der Waals surface area contributed by atoms with Crippen molar-refractivity contribution < 1.29 is 4.79 Å². The second-order valence-corrected chi connectivity index (χ2v) is 10.1. The highest BCUT2D eigenvalue weighted by Crippen LogP contribution is 2.33. The van der Waals surface area contributed by atoms with E-state index in [1.54, 1.807) is 0 Å². The van der Waals surface area contributed by atoms with E-state index < -0.39 is 0 Å². The van der Waals surface area contributed by atoms with Crippen LogP contribution in [0.15, 0.2) is 42.9 Å². The third kappa shape index (κ3) is 4.25. The van der Waals surface area contributed by atoms with E-state index in [0.29, 0.717) is 5.92 Å². The van der Waals surface area contributed by atoms with E-state index in [-0.39, 0.29) is 17.9 Å². The Hall–Kier alpha value is -3.44. The van der Waals surface area contributed by atoms with Gasteiger partial charge in [0.05, 0.1) is 22.8 Å². The van der Waals surface area contributed by atoms with Gasteiger partial charge in [-0.1, -0.05) is 10.9 Å². The summed E-state index contributed by atoms with van der Waals surface area (Å²) in [6.07, 6.45) is 9.96. The molecule has 35 heavy (non-hydrogen) atoms. The zero-order valence-corrected chi connectivity index (χ0v) is 20.0. The van der Waals surface area contributed by atoms with Gasteiger partial charge in [0, 0.05) is 69.7 Å². The summed E-state index contributed by atoms with van der Waals surface area (Å²) >= 11 is 0. The van der Waals surface area contributed by atoms with E-state index in [2.05, 4.69) is 50.6 Å². The minimum atomic E-state index is 0.0907. The van der Waals surface area contributed by atoms with Crippen LogP contribution < -0.4 is 10.2 Å². The maximum Gasteiger partial charge on any atom is 0.273 e. The molecule has 1 atom stereocenters. The lowest BCUT2D eigenvalue weighted by Crippen LogP contribution is -2.52. The number of carbonyl (C=O) groups is 1. The zero-order chi connectivity index (χ0) is 23.8. The Morgan fingerprint density at radius 2 is 2.00 bits per heavy atom. The first-order valence-electron chi connectivity index (χ1n) is 12.8. The molecule has 2 saturated heterocycles. The van der Waals surface area contributed by atoms with Gasteiger partial charge in [0.15, 0.2) is 0 Å². The van der Waals surface area contributed by atoms with Crippen LogP contribution in [0.2, 0.25) is 0 Å². The van der Waals surface area contributed by atoms with Crippen LogP contribution in [0.4, 0.5) is 5.69 Å². The highest BCUT2D eigenvalue weighted by Gasteiger charge is 2.43. The number of piperazine rings is 1. The van der Waals surface area contributed by atoms with Crippen LogP contribution in [-0.2, 0) is 4.79 Å². The van der Waals surface area contributed by atoms with Gasteiger partial charge in [-0.25, -0.2) is 4.52 Å². The molecule has 3 aromatic rings. The van der Waals surface area contributed by atoms with Crippen molar-refractivity contribution in [1.82, 2.24) is 24.8 Å². The lowest BCUT2D eigenvalue weighted by atomic mass is 9.79. The second kappa shape index (κ2) is 9.31. The quantitative estimate of drug-likeness (QED) is 0.634. The van der Waals surface area contributed by atoms with Crippen molar-refractivity contribution in [1.29, 1.82) is 0 Å². The summed E-state index contributed by atoms with van der Waals surface area (Å²) in [5, 5.41) is 8.03. The Bertz CT molecular complexity index is 1240. The van der Waals surface area contributed by atoms with Crippen molar-refractivity contribution in [2.75, 3.05) is 44.2 Å². The molecule has 1 aliphatic carbocycles. The second-order valence-electron chi connectivity index (χ2n) is 10.1. The lowest BCUT2D eigenvalue weighted by Gasteiger charge is -2.39. The molecule has 8 heteroatoms. The number of nitrogens with zero attached hydrogens (tertiary/aromatic N) is 6. The van der Waals surface area contributed by atoms with Gasteiger partial charge >= 0.3 is 0 Å². The van der Waals surface area contributed by atoms with Gasteiger partial charge in [0.25, 0.3) is 12.6 Å². The molecule has 5 heterocycles. The summed E-state index contributed by atoms with van der Waals surface area (Å²) in [4.78, 5) is 25.7. The van der Waals surface area contributed by atoms with Crippen molar-refractivity contribution in [3.05, 3.63) is 53.3 Å².